The molecule has 5 nitrogen and oxygen atoms in total. The van der Waals surface area contributed by atoms with Crippen molar-refractivity contribution in [2.75, 3.05) is 32.8 Å². The average Bonchev–Trinajstić information content (AvgIpc) is 2.46. The van der Waals surface area contributed by atoms with E-state index in [1.807, 2.05) is 0 Å². The van der Waals surface area contributed by atoms with E-state index < -0.39 is 10.0 Å². The summed E-state index contributed by atoms with van der Waals surface area (Å²) in [6, 6.07) is 0. The highest BCUT2D eigenvalue weighted by atomic mass is 32.2. The van der Waals surface area contributed by atoms with Crippen molar-refractivity contribution in [3.8, 4) is 0 Å². The first kappa shape index (κ1) is 17.2. The van der Waals surface area contributed by atoms with Gasteiger partial charge in [-0.05, 0) is 58.9 Å². The minimum absolute atomic E-state index is 0.0852. The van der Waals surface area contributed by atoms with Crippen LogP contribution in [0.25, 0.3) is 0 Å². The van der Waals surface area contributed by atoms with E-state index in [-0.39, 0.29) is 10.8 Å². The maximum atomic E-state index is 12.7. The normalized spacial score (nSPS) is 26.9. The molecule has 0 aromatic rings. The number of sulfonamides is 1. The van der Waals surface area contributed by atoms with Crippen LogP contribution in [0.2, 0.25) is 0 Å². The fourth-order valence-corrected chi connectivity index (χ4v) is 5.07. The topological polar surface area (TPSA) is 58.6 Å². The SMILES string of the molecule is CC(C)(C)NCC1CCCN(S(=O)(=O)C2CCOCC2)C1. The lowest BCUT2D eigenvalue weighted by molar-refractivity contribution is 0.0966. The van der Waals surface area contributed by atoms with E-state index in [0.717, 1.165) is 19.4 Å². The molecule has 0 amide bonds. The Morgan fingerprint density at radius 3 is 2.48 bits per heavy atom. The monoisotopic (exact) mass is 318 g/mol. The van der Waals surface area contributed by atoms with Crippen molar-refractivity contribution in [1.29, 1.82) is 0 Å². The van der Waals surface area contributed by atoms with Crippen LogP contribution in [0.15, 0.2) is 0 Å². The molecule has 0 aromatic heterocycles. The Kier molecular flexibility index (Phi) is 5.68. The Morgan fingerprint density at radius 2 is 1.86 bits per heavy atom. The largest absolute Gasteiger partial charge is 0.381 e. The van der Waals surface area contributed by atoms with Gasteiger partial charge in [0.2, 0.25) is 10.0 Å². The van der Waals surface area contributed by atoms with E-state index in [2.05, 4.69) is 26.1 Å². The van der Waals surface area contributed by atoms with E-state index >= 15 is 0 Å². The summed E-state index contributed by atoms with van der Waals surface area (Å²) < 4.78 is 32.5. The number of ether oxygens (including phenoxy) is 1. The first-order valence-electron chi connectivity index (χ1n) is 8.11. The van der Waals surface area contributed by atoms with Gasteiger partial charge in [-0.3, -0.25) is 0 Å². The van der Waals surface area contributed by atoms with Gasteiger partial charge in [-0.2, -0.15) is 0 Å². The Labute approximate surface area is 129 Å². The van der Waals surface area contributed by atoms with Gasteiger partial charge >= 0.3 is 0 Å². The molecule has 0 saturated carbocycles. The molecule has 1 atom stereocenters. The third kappa shape index (κ3) is 4.91. The van der Waals surface area contributed by atoms with Crippen molar-refractivity contribution in [1.82, 2.24) is 9.62 Å². The zero-order valence-corrected chi connectivity index (χ0v) is 14.4. The van der Waals surface area contributed by atoms with Crippen LogP contribution in [0, 0.1) is 5.92 Å². The standard InChI is InChI=1S/C15H30N2O3S/c1-15(2,3)16-11-13-5-4-8-17(12-13)21(18,19)14-6-9-20-10-7-14/h13-14,16H,4-12H2,1-3H3. The van der Waals surface area contributed by atoms with Crippen LogP contribution < -0.4 is 5.32 Å². The Bertz CT molecular complexity index is 425. The van der Waals surface area contributed by atoms with Gasteiger partial charge in [0.25, 0.3) is 0 Å². The minimum Gasteiger partial charge on any atom is -0.381 e. The third-order valence-corrected chi connectivity index (χ3v) is 6.72. The van der Waals surface area contributed by atoms with Gasteiger partial charge in [-0.15, -0.1) is 0 Å². The van der Waals surface area contributed by atoms with Gasteiger partial charge in [-0.1, -0.05) is 0 Å². The quantitative estimate of drug-likeness (QED) is 0.855. The zero-order chi connectivity index (χ0) is 15.5. The highest BCUT2D eigenvalue weighted by Crippen LogP contribution is 2.25. The zero-order valence-electron chi connectivity index (χ0n) is 13.6. The van der Waals surface area contributed by atoms with Crippen molar-refractivity contribution >= 4 is 10.0 Å². The molecular weight excluding hydrogens is 288 g/mol. The van der Waals surface area contributed by atoms with Crippen molar-refractivity contribution in [3.63, 3.8) is 0 Å². The predicted molar refractivity (Wildman–Crippen MR) is 84.8 cm³/mol. The summed E-state index contributed by atoms with van der Waals surface area (Å²) in [5.41, 5.74) is 0.0852. The number of hydrogen-bond acceptors (Lipinski definition) is 4. The van der Waals surface area contributed by atoms with Gasteiger partial charge in [0.1, 0.15) is 0 Å². The highest BCUT2D eigenvalue weighted by molar-refractivity contribution is 7.89. The molecule has 2 heterocycles. The van der Waals surface area contributed by atoms with Gasteiger partial charge in [0.15, 0.2) is 0 Å². The van der Waals surface area contributed by atoms with Gasteiger partial charge in [-0.25, -0.2) is 12.7 Å². The summed E-state index contributed by atoms with van der Waals surface area (Å²) in [5.74, 6) is 0.424. The van der Waals surface area contributed by atoms with E-state index in [0.29, 0.717) is 45.1 Å². The van der Waals surface area contributed by atoms with Crippen LogP contribution in [0.1, 0.15) is 46.5 Å². The molecule has 2 aliphatic heterocycles. The summed E-state index contributed by atoms with van der Waals surface area (Å²) in [7, 11) is -3.15. The van der Waals surface area contributed by atoms with Crippen molar-refractivity contribution in [3.05, 3.63) is 0 Å². The Balaban J connectivity index is 1.93. The highest BCUT2D eigenvalue weighted by Gasteiger charge is 2.36. The molecule has 0 aliphatic carbocycles. The van der Waals surface area contributed by atoms with Crippen LogP contribution in [-0.2, 0) is 14.8 Å². The van der Waals surface area contributed by atoms with Crippen LogP contribution in [0.3, 0.4) is 0 Å². The molecule has 0 bridgehead atoms. The van der Waals surface area contributed by atoms with Crippen molar-refractivity contribution in [2.24, 2.45) is 5.92 Å². The van der Waals surface area contributed by atoms with Crippen molar-refractivity contribution in [2.45, 2.75) is 57.2 Å². The molecule has 1 unspecified atom stereocenters. The Morgan fingerprint density at radius 1 is 1.19 bits per heavy atom. The fourth-order valence-electron chi connectivity index (χ4n) is 3.06. The second-order valence-corrected chi connectivity index (χ2v) is 9.57. The lowest BCUT2D eigenvalue weighted by Crippen LogP contribution is -2.49. The molecule has 2 rings (SSSR count). The third-order valence-electron chi connectivity index (χ3n) is 4.35. The molecule has 2 aliphatic rings. The second kappa shape index (κ2) is 6.94. The smallest absolute Gasteiger partial charge is 0.217 e. The van der Waals surface area contributed by atoms with Gasteiger partial charge in [0.05, 0.1) is 5.25 Å². The summed E-state index contributed by atoms with van der Waals surface area (Å²) in [6.07, 6.45) is 3.37. The van der Waals surface area contributed by atoms with E-state index in [4.69, 9.17) is 4.74 Å². The van der Waals surface area contributed by atoms with Gasteiger partial charge < -0.3 is 10.1 Å². The first-order valence-corrected chi connectivity index (χ1v) is 9.61. The van der Waals surface area contributed by atoms with E-state index in [1.165, 1.54) is 0 Å². The lowest BCUT2D eigenvalue weighted by Gasteiger charge is -2.36. The average molecular weight is 318 g/mol. The predicted octanol–water partition coefficient (Wildman–Crippen LogP) is 1.60. The van der Waals surface area contributed by atoms with Crippen LogP contribution in [0.4, 0.5) is 0 Å². The second-order valence-electron chi connectivity index (χ2n) is 7.35. The molecule has 21 heavy (non-hydrogen) atoms. The van der Waals surface area contributed by atoms with Crippen LogP contribution in [0.5, 0.6) is 0 Å². The number of nitrogens with zero attached hydrogens (tertiary/aromatic N) is 1. The molecule has 6 heteroatoms. The number of hydrogen-bond donors (Lipinski definition) is 1. The molecule has 124 valence electrons. The summed E-state index contributed by atoms with van der Waals surface area (Å²) in [5, 5.41) is 3.27. The molecule has 0 radical (unpaired) electrons. The summed E-state index contributed by atoms with van der Waals surface area (Å²) in [4.78, 5) is 0. The van der Waals surface area contributed by atoms with Crippen LogP contribution in [-0.4, -0.2) is 56.4 Å². The summed E-state index contributed by atoms with van der Waals surface area (Å²) in [6.45, 7) is 9.84. The first-order chi connectivity index (χ1) is 9.79. The molecule has 2 saturated heterocycles. The fraction of sp³-hybridized carbons (Fsp3) is 1.00. The maximum Gasteiger partial charge on any atom is 0.217 e. The minimum atomic E-state index is -3.15. The summed E-state index contributed by atoms with van der Waals surface area (Å²) >= 11 is 0. The van der Waals surface area contributed by atoms with Crippen molar-refractivity contribution < 1.29 is 13.2 Å². The van der Waals surface area contributed by atoms with Crippen LogP contribution >= 0.6 is 0 Å². The number of rotatable bonds is 4. The lowest BCUT2D eigenvalue weighted by atomic mass is 9.98. The Hall–Kier alpha value is -0.170. The molecule has 0 spiro atoms. The number of nitrogens with one attached hydrogen (secondary N) is 1. The molecular formula is C15H30N2O3S. The van der Waals surface area contributed by atoms with E-state index in [9.17, 15) is 8.42 Å². The molecule has 1 N–H and O–H groups in total. The molecule has 0 aromatic carbocycles. The van der Waals surface area contributed by atoms with E-state index in [1.54, 1.807) is 4.31 Å². The van der Waals surface area contributed by atoms with Gasteiger partial charge in [0, 0.05) is 31.8 Å². The number of piperidine rings is 1. The maximum absolute atomic E-state index is 12.7. The molecule has 2 fully saturated rings.